The quantitative estimate of drug-likeness (QED) is 0.0477. The summed E-state index contributed by atoms with van der Waals surface area (Å²) in [6.45, 7) is 4.17. The number of esters is 2. The number of carbonyl (C=O) groups excluding carboxylic acids is 2. The molecule has 0 saturated carbocycles. The summed E-state index contributed by atoms with van der Waals surface area (Å²) in [5.41, 5.74) is 3.18. The molecule has 0 saturated heterocycles. The highest BCUT2D eigenvalue weighted by molar-refractivity contribution is 14.1. The number of rotatable bonds is 16. The third-order valence-electron chi connectivity index (χ3n) is 5.85. The number of methoxy groups -OCH3 is 1. The minimum absolute atomic E-state index is 0.213. The van der Waals surface area contributed by atoms with E-state index in [-0.39, 0.29) is 12.6 Å². The summed E-state index contributed by atoms with van der Waals surface area (Å²) in [5.74, 6) is 7.57. The van der Waals surface area contributed by atoms with Gasteiger partial charge in [0.15, 0.2) is 0 Å². The predicted octanol–water partition coefficient (Wildman–Crippen LogP) is 5.66. The molecule has 0 N–H and O–H groups in total. The van der Waals surface area contributed by atoms with E-state index >= 15 is 0 Å². The minimum atomic E-state index is -0.455. The minimum Gasteiger partial charge on any atom is -0.497 e. The van der Waals surface area contributed by atoms with Gasteiger partial charge < -0.3 is 28.4 Å². The second-order valence-electron chi connectivity index (χ2n) is 8.80. The van der Waals surface area contributed by atoms with Crippen LogP contribution in [0.2, 0.25) is 0 Å². The fraction of sp³-hybridized carbons (Fsp3) is 0.333. The molecular formula is C33H35IO8. The summed E-state index contributed by atoms with van der Waals surface area (Å²) in [4.78, 5) is 23.9. The number of carbonyl (C=O) groups is 2. The lowest BCUT2D eigenvalue weighted by Crippen LogP contribution is -2.14. The van der Waals surface area contributed by atoms with E-state index in [1.807, 2.05) is 43.3 Å². The van der Waals surface area contributed by atoms with E-state index in [0.29, 0.717) is 56.5 Å². The van der Waals surface area contributed by atoms with Crippen molar-refractivity contribution in [2.45, 2.75) is 19.8 Å². The average Bonchev–Trinajstić information content (AvgIpc) is 3.01. The van der Waals surface area contributed by atoms with Crippen molar-refractivity contribution >= 4 is 34.5 Å². The van der Waals surface area contributed by atoms with Crippen LogP contribution in [0.1, 0.15) is 40.4 Å². The van der Waals surface area contributed by atoms with Crippen molar-refractivity contribution < 1.29 is 38.0 Å². The molecule has 3 rings (SSSR count). The Morgan fingerprint density at radius 1 is 0.762 bits per heavy atom. The van der Waals surface area contributed by atoms with Gasteiger partial charge in [0.2, 0.25) is 0 Å². The van der Waals surface area contributed by atoms with Gasteiger partial charge in [0.25, 0.3) is 0 Å². The summed E-state index contributed by atoms with van der Waals surface area (Å²) < 4.78 is 33.0. The zero-order valence-corrected chi connectivity index (χ0v) is 26.0. The molecule has 0 unspecified atom stereocenters. The number of alkyl halides is 1. The van der Waals surface area contributed by atoms with Gasteiger partial charge in [0, 0.05) is 15.6 Å². The molecule has 0 amide bonds. The Labute approximate surface area is 260 Å². The number of hydrogen-bond donors (Lipinski definition) is 0. The maximum Gasteiger partial charge on any atom is 0.343 e. The average molecular weight is 687 g/mol. The molecule has 0 aliphatic carbocycles. The van der Waals surface area contributed by atoms with Crippen molar-refractivity contribution in [3.63, 3.8) is 0 Å². The topological polar surface area (TPSA) is 89.5 Å². The number of ether oxygens (including phenoxy) is 6. The van der Waals surface area contributed by atoms with Crippen molar-refractivity contribution in [3.8, 4) is 29.1 Å². The van der Waals surface area contributed by atoms with E-state index in [2.05, 4.69) is 34.4 Å². The number of hydrogen-bond acceptors (Lipinski definition) is 8. The van der Waals surface area contributed by atoms with Crippen LogP contribution in [0.4, 0.5) is 0 Å². The zero-order valence-electron chi connectivity index (χ0n) is 23.9. The highest BCUT2D eigenvalue weighted by Crippen LogP contribution is 2.21. The van der Waals surface area contributed by atoms with Gasteiger partial charge in [-0.3, -0.25) is 4.79 Å². The van der Waals surface area contributed by atoms with Gasteiger partial charge in [0.05, 0.1) is 45.5 Å². The first kappa shape index (κ1) is 32.9. The lowest BCUT2D eigenvalue weighted by atomic mass is 10.0. The van der Waals surface area contributed by atoms with Gasteiger partial charge in [-0.15, -0.1) is 0 Å². The van der Waals surface area contributed by atoms with Crippen molar-refractivity contribution in [2.75, 3.05) is 51.2 Å². The number of aryl methyl sites for hydroxylation is 1. The van der Waals surface area contributed by atoms with E-state index in [9.17, 15) is 9.59 Å². The molecule has 222 valence electrons. The van der Waals surface area contributed by atoms with Crippen LogP contribution in [-0.2, 0) is 25.4 Å². The third-order valence-corrected chi connectivity index (χ3v) is 6.39. The summed E-state index contributed by atoms with van der Waals surface area (Å²) in [6.07, 6.45) is 1.16. The van der Waals surface area contributed by atoms with Gasteiger partial charge >= 0.3 is 11.9 Å². The summed E-state index contributed by atoms with van der Waals surface area (Å²) in [5, 5.41) is 0. The van der Waals surface area contributed by atoms with Crippen LogP contribution in [0.15, 0.2) is 66.7 Å². The first-order valence-corrected chi connectivity index (χ1v) is 15.2. The van der Waals surface area contributed by atoms with Crippen LogP contribution in [-0.4, -0.2) is 63.1 Å². The Morgan fingerprint density at radius 2 is 1.40 bits per heavy atom. The van der Waals surface area contributed by atoms with Gasteiger partial charge in [-0.1, -0.05) is 41.4 Å². The van der Waals surface area contributed by atoms with Crippen LogP contribution in [0.25, 0.3) is 0 Å². The second-order valence-corrected chi connectivity index (χ2v) is 9.88. The van der Waals surface area contributed by atoms with Gasteiger partial charge in [-0.25, -0.2) is 4.79 Å². The third kappa shape index (κ3) is 11.7. The van der Waals surface area contributed by atoms with Crippen LogP contribution >= 0.6 is 22.6 Å². The Bertz CT molecular complexity index is 1330. The highest BCUT2D eigenvalue weighted by Gasteiger charge is 2.11. The number of halogens is 1. The molecule has 3 aromatic rings. The molecule has 0 aliphatic rings. The van der Waals surface area contributed by atoms with Crippen molar-refractivity contribution in [3.05, 3.63) is 89.0 Å². The van der Waals surface area contributed by atoms with Crippen molar-refractivity contribution in [1.82, 2.24) is 0 Å². The monoisotopic (exact) mass is 686 g/mol. The zero-order chi connectivity index (χ0) is 30.0. The number of benzene rings is 3. The Balaban J connectivity index is 1.38. The van der Waals surface area contributed by atoms with E-state index in [0.717, 1.165) is 33.3 Å². The lowest BCUT2D eigenvalue weighted by molar-refractivity contribution is -0.144. The van der Waals surface area contributed by atoms with E-state index in [1.54, 1.807) is 37.4 Å². The summed E-state index contributed by atoms with van der Waals surface area (Å²) in [6, 6.07) is 19.8. The first-order chi connectivity index (χ1) is 20.5. The van der Waals surface area contributed by atoms with E-state index in [4.69, 9.17) is 28.4 Å². The molecule has 0 aromatic heterocycles. The van der Waals surface area contributed by atoms with Crippen molar-refractivity contribution in [1.29, 1.82) is 0 Å². The molecule has 0 bridgehead atoms. The molecule has 8 nitrogen and oxygen atoms in total. The lowest BCUT2D eigenvalue weighted by Gasteiger charge is -2.10. The van der Waals surface area contributed by atoms with Crippen LogP contribution in [0, 0.1) is 11.8 Å². The molecular weight excluding hydrogens is 651 g/mol. The molecule has 0 aliphatic heterocycles. The Morgan fingerprint density at radius 3 is 2.07 bits per heavy atom. The van der Waals surface area contributed by atoms with Gasteiger partial charge in [-0.05, 0) is 78.7 Å². The van der Waals surface area contributed by atoms with Gasteiger partial charge in [-0.2, -0.15) is 0 Å². The molecule has 0 atom stereocenters. The van der Waals surface area contributed by atoms with Crippen LogP contribution in [0.3, 0.4) is 0 Å². The Hall–Kier alpha value is -3.59. The fourth-order valence-electron chi connectivity index (χ4n) is 3.62. The molecule has 42 heavy (non-hydrogen) atoms. The summed E-state index contributed by atoms with van der Waals surface area (Å²) in [7, 11) is 1.63. The molecule has 3 aromatic carbocycles. The van der Waals surface area contributed by atoms with Crippen LogP contribution < -0.4 is 14.2 Å². The highest BCUT2D eigenvalue weighted by atomic mass is 127. The van der Waals surface area contributed by atoms with E-state index < -0.39 is 5.97 Å². The SMILES string of the molecule is CCc1cc(OC(=O)c2ccc(OCCOCCOCCOC(=O)CCI)cc2)ccc1C#Cc1ccc(OC)cc1. The molecule has 0 spiro atoms. The maximum absolute atomic E-state index is 12.7. The molecule has 9 heteroatoms. The first-order valence-electron chi connectivity index (χ1n) is 13.6. The maximum atomic E-state index is 12.7. The van der Waals surface area contributed by atoms with Crippen LogP contribution in [0.5, 0.6) is 17.2 Å². The van der Waals surface area contributed by atoms with E-state index in [1.165, 1.54) is 0 Å². The summed E-state index contributed by atoms with van der Waals surface area (Å²) >= 11 is 2.13. The molecule has 0 radical (unpaired) electrons. The predicted molar refractivity (Wildman–Crippen MR) is 168 cm³/mol. The standard InChI is InChI=1S/C33H35IO8/c1-3-26-24-31(15-8-27(26)7-4-25-5-11-29(37-2)12-6-25)42-33(36)28-9-13-30(14-10-28)40-22-20-38-18-19-39-21-23-41-32(35)16-17-34/h5-6,8-15,24H,3,16-23H2,1-2H3. The largest absolute Gasteiger partial charge is 0.497 e. The second kappa shape index (κ2) is 18.8. The molecule has 0 heterocycles. The van der Waals surface area contributed by atoms with Gasteiger partial charge in [0.1, 0.15) is 30.5 Å². The normalized spacial score (nSPS) is 10.4. The molecule has 0 fully saturated rings. The van der Waals surface area contributed by atoms with Crippen molar-refractivity contribution in [2.24, 2.45) is 0 Å². The fourth-order valence-corrected chi connectivity index (χ4v) is 4.06. The smallest absolute Gasteiger partial charge is 0.343 e. The Kier molecular flexibility index (Phi) is 14.7.